The lowest BCUT2D eigenvalue weighted by atomic mass is 9.45. The van der Waals surface area contributed by atoms with E-state index in [1.165, 1.54) is 0 Å². The number of cyclic esters (lactones) is 1. The number of allylic oxidation sites excluding steroid dienone is 2. The summed E-state index contributed by atoms with van der Waals surface area (Å²) in [7, 11) is 1.85. The van der Waals surface area contributed by atoms with Gasteiger partial charge in [-0.05, 0) is 49.7 Å². The number of guanidine groups is 1. The van der Waals surface area contributed by atoms with Crippen molar-refractivity contribution in [2.45, 2.75) is 58.2 Å². The van der Waals surface area contributed by atoms with Gasteiger partial charge in [-0.25, -0.2) is 19.8 Å². The van der Waals surface area contributed by atoms with Crippen LogP contribution in [-0.2, 0) is 21.4 Å². The molecule has 0 bridgehead atoms. The zero-order chi connectivity index (χ0) is 33.7. The summed E-state index contributed by atoms with van der Waals surface area (Å²) in [6.45, 7) is 10.6. The Kier molecular flexibility index (Phi) is 8.49. The van der Waals surface area contributed by atoms with Gasteiger partial charge in [-0.2, -0.15) is 4.98 Å². The van der Waals surface area contributed by atoms with E-state index in [-0.39, 0.29) is 47.7 Å². The van der Waals surface area contributed by atoms with Crippen molar-refractivity contribution in [1.29, 1.82) is 0 Å². The lowest BCUT2D eigenvalue weighted by molar-refractivity contribution is -0.149. The Hall–Kier alpha value is -4.46. The van der Waals surface area contributed by atoms with Crippen molar-refractivity contribution >= 4 is 47.1 Å². The second-order valence-corrected chi connectivity index (χ2v) is 13.5. The van der Waals surface area contributed by atoms with Crippen LogP contribution in [0.4, 0.5) is 5.95 Å². The molecule has 4 unspecified atom stereocenters. The first-order valence-electron chi connectivity index (χ1n) is 15.9. The van der Waals surface area contributed by atoms with Gasteiger partial charge >= 0.3 is 5.97 Å². The van der Waals surface area contributed by atoms with Gasteiger partial charge in [-0.1, -0.05) is 38.2 Å². The van der Waals surface area contributed by atoms with Crippen molar-refractivity contribution in [3.8, 4) is 0 Å². The maximum absolute atomic E-state index is 13.0. The molecule has 2 fully saturated rings. The van der Waals surface area contributed by atoms with E-state index in [4.69, 9.17) is 10.5 Å². The number of aliphatic hydroxyl groups excluding tert-OH is 2. The van der Waals surface area contributed by atoms with E-state index >= 15 is 0 Å². The van der Waals surface area contributed by atoms with E-state index in [1.54, 1.807) is 37.6 Å². The van der Waals surface area contributed by atoms with Crippen LogP contribution in [0.15, 0.2) is 64.1 Å². The number of carbonyl (C=O) groups is 2. The summed E-state index contributed by atoms with van der Waals surface area (Å²) in [6, 6.07) is -0.912. The molecule has 6 rings (SSSR count). The molecule has 2 aromatic rings. The number of nitrogens with one attached hydrogen (secondary N) is 2. The number of aliphatic imine (C=N–C) groups is 2. The first kappa shape index (κ1) is 32.5. The largest absolute Gasteiger partial charge is 0.423 e. The maximum atomic E-state index is 13.0. The first-order chi connectivity index (χ1) is 22.3. The zero-order valence-corrected chi connectivity index (χ0v) is 27.1. The Morgan fingerprint density at radius 3 is 2.87 bits per heavy atom. The molecule has 2 saturated carbocycles. The number of carbonyl (C=O) groups excluding carboxylic acids is 2. The number of aromatic nitrogens is 3. The molecule has 1 amide bonds. The molecule has 0 radical (unpaired) electrons. The summed E-state index contributed by atoms with van der Waals surface area (Å²) in [6.07, 6.45) is 13.5. The number of nitrogens with zero attached hydrogens (tertiary/aromatic N) is 5. The molecule has 248 valence electrons. The molecule has 0 aromatic carbocycles. The Balaban J connectivity index is 1.29. The van der Waals surface area contributed by atoms with Crippen LogP contribution in [0.3, 0.4) is 0 Å². The fraction of sp³-hybridized carbons (Fsp3) is 0.471. The van der Waals surface area contributed by atoms with Crippen LogP contribution in [0.2, 0.25) is 0 Å². The van der Waals surface area contributed by atoms with Crippen molar-refractivity contribution in [1.82, 2.24) is 25.2 Å². The molecular weight excluding hydrogens is 600 g/mol. The molecule has 13 nitrogen and oxygen atoms in total. The second-order valence-electron chi connectivity index (χ2n) is 13.5. The molecule has 0 saturated heterocycles. The van der Waals surface area contributed by atoms with Crippen LogP contribution < -0.4 is 16.4 Å². The average Bonchev–Trinajstić information content (AvgIpc) is 3.75. The zero-order valence-electron chi connectivity index (χ0n) is 27.1. The molecule has 0 spiro atoms. The molecule has 7 atom stereocenters. The van der Waals surface area contributed by atoms with Crippen molar-refractivity contribution in [3.05, 3.63) is 59.7 Å². The van der Waals surface area contributed by atoms with Gasteiger partial charge in [0.2, 0.25) is 17.8 Å². The number of nitrogen functional groups attached to an aromatic ring is 1. The number of hydrogen-bond donors (Lipinski definition) is 5. The summed E-state index contributed by atoms with van der Waals surface area (Å²) in [5.74, 6) is -0.270. The van der Waals surface area contributed by atoms with Gasteiger partial charge in [-0.15, -0.1) is 0 Å². The minimum Gasteiger partial charge on any atom is -0.423 e. The Morgan fingerprint density at radius 1 is 1.36 bits per heavy atom. The van der Waals surface area contributed by atoms with E-state index in [0.29, 0.717) is 42.8 Å². The van der Waals surface area contributed by atoms with Crippen LogP contribution in [0.5, 0.6) is 0 Å². The van der Waals surface area contributed by atoms with Gasteiger partial charge in [0, 0.05) is 54.0 Å². The van der Waals surface area contributed by atoms with Gasteiger partial charge in [0.05, 0.1) is 30.9 Å². The predicted octanol–water partition coefficient (Wildman–Crippen LogP) is 2.19. The Bertz CT molecular complexity index is 1790. The molecule has 13 heteroatoms. The molecule has 2 aliphatic heterocycles. The lowest BCUT2D eigenvalue weighted by Crippen LogP contribution is -2.62. The fourth-order valence-electron chi connectivity index (χ4n) is 7.83. The van der Waals surface area contributed by atoms with E-state index in [1.807, 2.05) is 30.8 Å². The number of rotatable bonds is 7. The van der Waals surface area contributed by atoms with E-state index in [2.05, 4.69) is 44.1 Å². The minimum absolute atomic E-state index is 0.122. The minimum atomic E-state index is -0.771. The highest BCUT2D eigenvalue weighted by Crippen LogP contribution is 2.61. The highest BCUT2D eigenvalue weighted by molar-refractivity contribution is 6.04. The van der Waals surface area contributed by atoms with Crippen LogP contribution in [0, 0.1) is 22.7 Å². The third-order valence-electron chi connectivity index (χ3n) is 10.6. The van der Waals surface area contributed by atoms with Gasteiger partial charge in [-0.3, -0.25) is 15.4 Å². The molecule has 4 heterocycles. The summed E-state index contributed by atoms with van der Waals surface area (Å²) in [4.78, 5) is 42.6. The van der Waals surface area contributed by atoms with E-state index < -0.39 is 23.5 Å². The molecule has 2 aliphatic carbocycles. The number of amides is 1. The first-order valence-corrected chi connectivity index (χ1v) is 15.9. The predicted molar refractivity (Wildman–Crippen MR) is 179 cm³/mol. The summed E-state index contributed by atoms with van der Waals surface area (Å²) in [5.41, 5.74) is 7.31. The van der Waals surface area contributed by atoms with Crippen molar-refractivity contribution in [2.75, 3.05) is 18.9 Å². The number of esters is 1. The summed E-state index contributed by atoms with van der Waals surface area (Å²) >= 11 is 0. The van der Waals surface area contributed by atoms with Gasteiger partial charge in [0.1, 0.15) is 11.4 Å². The number of anilines is 1. The second kappa shape index (κ2) is 12.3. The van der Waals surface area contributed by atoms with E-state index in [9.17, 15) is 19.8 Å². The molecule has 2 aromatic heterocycles. The van der Waals surface area contributed by atoms with Gasteiger partial charge < -0.3 is 25.3 Å². The van der Waals surface area contributed by atoms with Crippen molar-refractivity contribution in [3.63, 3.8) is 0 Å². The van der Waals surface area contributed by atoms with Crippen molar-refractivity contribution < 1.29 is 24.5 Å². The third kappa shape index (κ3) is 5.83. The number of aliphatic hydroxyl groups is 2. The molecule has 4 aliphatic rings. The number of aryl methyl sites for hydroxylation is 1. The molecule has 47 heavy (non-hydrogen) atoms. The van der Waals surface area contributed by atoms with Crippen LogP contribution in [-0.4, -0.2) is 80.1 Å². The standard InChI is InChI=1S/C34H42N8O5/c1-18-24(7-6-20-12-22(47-30(20)46)13-21-16-42(5)28-23(21)15-38-31(35)40-28)33(3)9-8-27(44)34(4,17-43)26(33)14-25(18)39-19(2)29(45)41-32-36-10-11-37-32/h6-7,10,12-13,15-16,19,24-27,39,43-44H,1,8-9,11,14,17H2,2-5H3,(H2,35,38,40)(H,37,41,45)/b7-6+,22-13+/t19?,24?,25?,26?,27-,33-,34+/m1/s1. The Morgan fingerprint density at radius 2 is 2.15 bits per heavy atom. The average molecular weight is 643 g/mol. The SMILES string of the molecule is C=C1C(NC(C)C(=O)NC2=NCC=N2)CC2[C@](C)(CC[C@@H](O)[C@@]2(C)CO)C1/C=C/C1=CC(=C\c2cn(C)c3nc(N)ncc23)/OC1=O. The number of nitrogens with two attached hydrogens (primary N) is 1. The Labute approximate surface area is 273 Å². The van der Waals surface area contributed by atoms with Crippen LogP contribution >= 0.6 is 0 Å². The number of fused-ring (bicyclic) bond motifs is 2. The highest BCUT2D eigenvalue weighted by atomic mass is 16.5. The summed E-state index contributed by atoms with van der Waals surface area (Å²) < 4.78 is 7.45. The quantitative estimate of drug-likeness (QED) is 0.223. The summed E-state index contributed by atoms with van der Waals surface area (Å²) in [5, 5.41) is 28.7. The van der Waals surface area contributed by atoms with Gasteiger partial charge in [0.25, 0.3) is 0 Å². The normalized spacial score (nSPS) is 32.1. The number of ether oxygens (including phenoxy) is 1. The maximum Gasteiger partial charge on any atom is 0.343 e. The lowest BCUT2D eigenvalue weighted by Gasteiger charge is -2.61. The van der Waals surface area contributed by atoms with E-state index in [0.717, 1.165) is 16.5 Å². The monoisotopic (exact) mass is 642 g/mol. The van der Waals surface area contributed by atoms with Gasteiger partial charge in [0.15, 0.2) is 0 Å². The molecular formula is C34H42N8O5. The number of hydrogen-bond acceptors (Lipinski definition) is 11. The highest BCUT2D eigenvalue weighted by Gasteiger charge is 2.59. The van der Waals surface area contributed by atoms with Crippen LogP contribution in [0.1, 0.15) is 45.6 Å². The smallest absolute Gasteiger partial charge is 0.343 e. The van der Waals surface area contributed by atoms with Crippen LogP contribution in [0.25, 0.3) is 17.1 Å². The third-order valence-corrected chi connectivity index (χ3v) is 10.6. The van der Waals surface area contributed by atoms with Crippen molar-refractivity contribution in [2.24, 2.45) is 39.7 Å². The molecule has 6 N–H and O–H groups in total. The topological polar surface area (TPSA) is 189 Å². The fourth-order valence-corrected chi connectivity index (χ4v) is 7.83.